The molecule has 1 aliphatic carbocycles. The van der Waals surface area contributed by atoms with E-state index in [9.17, 15) is 9.59 Å². The van der Waals surface area contributed by atoms with Gasteiger partial charge in [0.15, 0.2) is 0 Å². The molecule has 1 saturated heterocycles. The van der Waals surface area contributed by atoms with Crippen LogP contribution in [-0.2, 0) is 9.59 Å². The zero-order chi connectivity index (χ0) is 14.5. The van der Waals surface area contributed by atoms with E-state index in [0.29, 0.717) is 0 Å². The number of hydrogen-bond donors (Lipinski definition) is 1. The van der Waals surface area contributed by atoms with E-state index >= 15 is 0 Å². The van der Waals surface area contributed by atoms with Gasteiger partial charge in [0.25, 0.3) is 0 Å². The van der Waals surface area contributed by atoms with E-state index in [1.807, 2.05) is 4.90 Å². The molecule has 114 valence electrons. The van der Waals surface area contributed by atoms with Crippen LogP contribution >= 0.6 is 0 Å². The number of carbonyl (C=O) groups is 2. The molecule has 20 heavy (non-hydrogen) atoms. The highest BCUT2D eigenvalue weighted by atomic mass is 16.2. The maximum Gasteiger partial charge on any atom is 0.242 e. The molecule has 2 unspecified atom stereocenters. The molecule has 2 rings (SSSR count). The van der Waals surface area contributed by atoms with E-state index < -0.39 is 0 Å². The van der Waals surface area contributed by atoms with Crippen molar-refractivity contribution in [3.05, 3.63) is 0 Å². The molecule has 5 nitrogen and oxygen atoms in total. The van der Waals surface area contributed by atoms with Crippen LogP contribution in [0.1, 0.15) is 44.9 Å². The van der Waals surface area contributed by atoms with Gasteiger partial charge in [-0.15, -0.1) is 0 Å². The number of likely N-dealkylation sites (N-methyl/N-ethyl adjacent to an activating group) is 1. The molecule has 2 atom stereocenters. The normalized spacial score (nSPS) is 27.2. The highest BCUT2D eigenvalue weighted by molar-refractivity contribution is 5.86. The van der Waals surface area contributed by atoms with Crippen LogP contribution in [0, 0.1) is 5.92 Å². The number of rotatable bonds is 3. The highest BCUT2D eigenvalue weighted by Crippen LogP contribution is 2.23. The zero-order valence-electron chi connectivity index (χ0n) is 12.5. The Labute approximate surface area is 121 Å². The van der Waals surface area contributed by atoms with Crippen LogP contribution < -0.4 is 5.73 Å². The van der Waals surface area contributed by atoms with Crippen LogP contribution in [0.2, 0.25) is 0 Å². The van der Waals surface area contributed by atoms with Gasteiger partial charge in [-0.1, -0.05) is 19.3 Å². The fourth-order valence-electron chi connectivity index (χ4n) is 3.27. The smallest absolute Gasteiger partial charge is 0.242 e. The molecule has 0 aromatic carbocycles. The van der Waals surface area contributed by atoms with Crippen molar-refractivity contribution in [1.82, 2.24) is 9.80 Å². The molecule has 1 aliphatic heterocycles. The first kappa shape index (κ1) is 15.3. The first-order chi connectivity index (χ1) is 9.59. The summed E-state index contributed by atoms with van der Waals surface area (Å²) in [6.45, 7) is 1.87. The topological polar surface area (TPSA) is 66.6 Å². The number of carbonyl (C=O) groups excluding carboxylic acids is 2. The van der Waals surface area contributed by atoms with E-state index in [0.717, 1.165) is 58.0 Å². The van der Waals surface area contributed by atoms with Crippen molar-refractivity contribution < 1.29 is 9.59 Å². The molecule has 1 heterocycles. The lowest BCUT2D eigenvalue weighted by atomic mass is 9.94. The Bertz CT molecular complexity index is 353. The van der Waals surface area contributed by atoms with Crippen molar-refractivity contribution in [2.75, 3.05) is 26.7 Å². The fourth-order valence-corrected chi connectivity index (χ4v) is 3.27. The van der Waals surface area contributed by atoms with Gasteiger partial charge in [-0.3, -0.25) is 9.59 Å². The quantitative estimate of drug-likeness (QED) is 0.784. The first-order valence-electron chi connectivity index (χ1n) is 7.88. The molecule has 5 heteroatoms. The van der Waals surface area contributed by atoms with Gasteiger partial charge in [0.1, 0.15) is 0 Å². The highest BCUT2D eigenvalue weighted by Gasteiger charge is 2.30. The van der Waals surface area contributed by atoms with Gasteiger partial charge in [0.05, 0.1) is 12.5 Å². The third-order valence-corrected chi connectivity index (χ3v) is 4.59. The molecule has 0 radical (unpaired) electrons. The van der Waals surface area contributed by atoms with Gasteiger partial charge in [-0.2, -0.15) is 0 Å². The van der Waals surface area contributed by atoms with Gasteiger partial charge in [-0.05, 0) is 25.7 Å². The Morgan fingerprint density at radius 3 is 2.45 bits per heavy atom. The molecule has 1 saturated carbocycles. The summed E-state index contributed by atoms with van der Waals surface area (Å²) >= 11 is 0. The monoisotopic (exact) mass is 281 g/mol. The molecule has 0 aromatic rings. The second kappa shape index (κ2) is 7.07. The van der Waals surface area contributed by atoms with Crippen molar-refractivity contribution in [1.29, 1.82) is 0 Å². The number of likely N-dealkylation sites (tertiary alicyclic amines) is 1. The van der Waals surface area contributed by atoms with E-state index in [1.54, 1.807) is 11.9 Å². The molecule has 2 aliphatic rings. The summed E-state index contributed by atoms with van der Waals surface area (Å²) in [5, 5.41) is 0. The Kier molecular flexibility index (Phi) is 5.40. The number of hydrogen-bond acceptors (Lipinski definition) is 3. The summed E-state index contributed by atoms with van der Waals surface area (Å²) in [5.41, 5.74) is 6.13. The van der Waals surface area contributed by atoms with Crippen LogP contribution in [0.15, 0.2) is 0 Å². The number of nitrogens with zero attached hydrogens (tertiary/aromatic N) is 2. The summed E-state index contributed by atoms with van der Waals surface area (Å²) in [4.78, 5) is 28.0. The Morgan fingerprint density at radius 2 is 1.75 bits per heavy atom. The van der Waals surface area contributed by atoms with Crippen molar-refractivity contribution in [2.24, 2.45) is 11.7 Å². The van der Waals surface area contributed by atoms with Gasteiger partial charge in [0, 0.05) is 26.2 Å². The molecule has 2 amide bonds. The fraction of sp³-hybridized carbons (Fsp3) is 0.867. The van der Waals surface area contributed by atoms with Crippen LogP contribution in [0.4, 0.5) is 0 Å². The maximum atomic E-state index is 12.5. The Balaban J connectivity index is 1.88. The largest absolute Gasteiger partial charge is 0.341 e. The number of nitrogens with two attached hydrogens (primary N) is 1. The molecule has 0 bridgehead atoms. The Morgan fingerprint density at radius 1 is 1.10 bits per heavy atom. The van der Waals surface area contributed by atoms with Crippen molar-refractivity contribution >= 4 is 11.8 Å². The summed E-state index contributed by atoms with van der Waals surface area (Å²) in [6.07, 6.45) is 7.29. The van der Waals surface area contributed by atoms with Gasteiger partial charge in [-0.25, -0.2) is 0 Å². The third kappa shape index (κ3) is 3.72. The molecule has 2 N–H and O–H groups in total. The zero-order valence-corrected chi connectivity index (χ0v) is 12.5. The van der Waals surface area contributed by atoms with E-state index in [4.69, 9.17) is 5.73 Å². The molecule has 2 fully saturated rings. The van der Waals surface area contributed by atoms with Crippen LogP contribution in [-0.4, -0.2) is 54.3 Å². The van der Waals surface area contributed by atoms with Crippen LogP contribution in [0.3, 0.4) is 0 Å². The lowest BCUT2D eigenvalue weighted by Gasteiger charge is -2.27. The van der Waals surface area contributed by atoms with Gasteiger partial charge >= 0.3 is 0 Å². The third-order valence-electron chi connectivity index (χ3n) is 4.59. The molecule has 0 aromatic heterocycles. The van der Waals surface area contributed by atoms with Crippen LogP contribution in [0.25, 0.3) is 0 Å². The first-order valence-corrected chi connectivity index (χ1v) is 7.88. The predicted molar refractivity (Wildman–Crippen MR) is 78.0 cm³/mol. The van der Waals surface area contributed by atoms with E-state index in [2.05, 4.69) is 0 Å². The summed E-state index contributed by atoms with van der Waals surface area (Å²) in [7, 11) is 1.73. The minimum absolute atomic E-state index is 0.0469. The molecule has 0 spiro atoms. The predicted octanol–water partition coefficient (Wildman–Crippen LogP) is 0.975. The van der Waals surface area contributed by atoms with Crippen LogP contribution in [0.5, 0.6) is 0 Å². The van der Waals surface area contributed by atoms with E-state index in [1.165, 1.54) is 0 Å². The summed E-state index contributed by atoms with van der Waals surface area (Å²) < 4.78 is 0. The van der Waals surface area contributed by atoms with Gasteiger partial charge in [0.2, 0.25) is 11.8 Å². The van der Waals surface area contributed by atoms with E-state index in [-0.39, 0.29) is 30.3 Å². The average molecular weight is 281 g/mol. The van der Waals surface area contributed by atoms with Gasteiger partial charge < -0.3 is 15.5 Å². The number of amides is 2. The summed E-state index contributed by atoms with van der Waals surface area (Å²) in [5.74, 6) is 0.0152. The standard InChI is InChI=1S/C15H27N3O2/c1-17(11-14(19)18-9-5-6-10-18)15(20)12-7-3-2-4-8-13(12)16/h12-13H,2-11,16H2,1H3. The lowest BCUT2D eigenvalue weighted by Crippen LogP contribution is -2.46. The minimum Gasteiger partial charge on any atom is -0.341 e. The average Bonchev–Trinajstić information content (AvgIpc) is 2.88. The lowest BCUT2D eigenvalue weighted by molar-refractivity contribution is -0.141. The molecular formula is C15H27N3O2. The van der Waals surface area contributed by atoms with Crippen molar-refractivity contribution in [3.8, 4) is 0 Å². The minimum atomic E-state index is -0.103. The summed E-state index contributed by atoms with van der Waals surface area (Å²) in [6, 6.07) is -0.0469. The Hall–Kier alpha value is -1.10. The maximum absolute atomic E-state index is 12.5. The van der Waals surface area contributed by atoms with Crippen molar-refractivity contribution in [3.63, 3.8) is 0 Å². The second-order valence-electron chi connectivity index (χ2n) is 6.19. The SMILES string of the molecule is CN(CC(=O)N1CCCC1)C(=O)C1CCCCCC1N. The van der Waals surface area contributed by atoms with Crippen molar-refractivity contribution in [2.45, 2.75) is 51.0 Å². The molecular weight excluding hydrogens is 254 g/mol. The second-order valence-corrected chi connectivity index (χ2v) is 6.19.